The molecule has 0 aliphatic carbocycles. The second-order valence-corrected chi connectivity index (χ2v) is 5.62. The van der Waals surface area contributed by atoms with Gasteiger partial charge in [-0.25, -0.2) is 0 Å². The van der Waals surface area contributed by atoms with Gasteiger partial charge in [0.2, 0.25) is 0 Å². The Morgan fingerprint density at radius 1 is 1.58 bits per heavy atom. The number of nitrogens with zero attached hydrogens (tertiary/aromatic N) is 1. The van der Waals surface area contributed by atoms with Gasteiger partial charge in [0.15, 0.2) is 10.2 Å². The number of hydrogen-bond acceptors (Lipinski definition) is 4. The number of hydrogen-bond donors (Lipinski definition) is 1. The number of piperazine rings is 1. The zero-order chi connectivity index (χ0) is 8.93. The molecule has 3 rings (SSSR count). The van der Waals surface area contributed by atoms with Crippen molar-refractivity contribution < 1.29 is 9.59 Å². The van der Waals surface area contributed by atoms with Crippen molar-refractivity contribution in [1.82, 2.24) is 10.2 Å². The molecule has 0 aromatic rings. The van der Waals surface area contributed by atoms with Crippen molar-refractivity contribution in [3.8, 4) is 0 Å². The molecule has 3 aliphatic rings. The predicted molar refractivity (Wildman–Crippen MR) is 48.3 cm³/mol. The van der Waals surface area contributed by atoms with E-state index in [-0.39, 0.29) is 17.2 Å². The Labute approximate surface area is 77.8 Å². The highest BCUT2D eigenvalue weighted by Gasteiger charge is 2.54. The first kappa shape index (κ1) is 8.25. The SMILES string of the molecule is CN1C(=O)[C@H]2NC(=O)[C@@]1(C)SS2. The van der Waals surface area contributed by atoms with Crippen LogP contribution in [0.4, 0.5) is 0 Å². The summed E-state index contributed by atoms with van der Waals surface area (Å²) in [5.41, 5.74) is 0. The Bertz CT molecular complexity index is 268. The number of carbonyl (C=O) groups excluding carboxylic acids is 2. The molecule has 6 heteroatoms. The second kappa shape index (κ2) is 2.32. The summed E-state index contributed by atoms with van der Waals surface area (Å²) >= 11 is 0. The number of carbonyl (C=O) groups is 2. The third kappa shape index (κ3) is 0.819. The van der Waals surface area contributed by atoms with Crippen LogP contribution in [0.5, 0.6) is 0 Å². The van der Waals surface area contributed by atoms with E-state index in [9.17, 15) is 9.59 Å². The number of nitrogens with one attached hydrogen (secondary N) is 1. The van der Waals surface area contributed by atoms with Crippen molar-refractivity contribution in [2.24, 2.45) is 0 Å². The third-order valence-electron chi connectivity index (χ3n) is 2.19. The van der Waals surface area contributed by atoms with Gasteiger partial charge in [0.1, 0.15) is 0 Å². The minimum atomic E-state index is -0.712. The molecule has 66 valence electrons. The highest BCUT2D eigenvalue weighted by molar-refractivity contribution is 8.78. The first-order valence-electron chi connectivity index (χ1n) is 3.49. The molecule has 0 spiro atoms. The van der Waals surface area contributed by atoms with Crippen molar-refractivity contribution in [2.75, 3.05) is 7.05 Å². The lowest BCUT2D eigenvalue weighted by Gasteiger charge is -2.47. The quantitative estimate of drug-likeness (QED) is 0.565. The molecule has 3 heterocycles. The van der Waals surface area contributed by atoms with Crippen molar-refractivity contribution in [1.29, 1.82) is 0 Å². The first-order chi connectivity index (χ1) is 5.55. The monoisotopic (exact) mass is 204 g/mol. The molecule has 0 radical (unpaired) electrons. The third-order valence-corrected chi connectivity index (χ3v) is 5.42. The molecular weight excluding hydrogens is 196 g/mol. The molecule has 2 amide bonds. The summed E-state index contributed by atoms with van der Waals surface area (Å²) in [5, 5.41) is 2.27. The van der Waals surface area contributed by atoms with E-state index in [1.807, 2.05) is 0 Å². The van der Waals surface area contributed by atoms with Crippen molar-refractivity contribution in [3.05, 3.63) is 0 Å². The highest BCUT2D eigenvalue weighted by atomic mass is 33.1. The van der Waals surface area contributed by atoms with Crippen LogP contribution in [0.1, 0.15) is 6.92 Å². The number of amides is 2. The van der Waals surface area contributed by atoms with Gasteiger partial charge in [-0.3, -0.25) is 9.59 Å². The summed E-state index contributed by atoms with van der Waals surface area (Å²) in [6, 6.07) is 0. The van der Waals surface area contributed by atoms with E-state index in [2.05, 4.69) is 5.32 Å². The molecule has 0 saturated carbocycles. The van der Waals surface area contributed by atoms with Crippen LogP contribution in [-0.2, 0) is 9.59 Å². The van der Waals surface area contributed by atoms with Gasteiger partial charge < -0.3 is 10.2 Å². The molecule has 2 atom stereocenters. The minimum absolute atomic E-state index is 0.0131. The van der Waals surface area contributed by atoms with Gasteiger partial charge in [-0.05, 0) is 6.92 Å². The van der Waals surface area contributed by atoms with Gasteiger partial charge in [0.05, 0.1) is 0 Å². The molecule has 0 aromatic heterocycles. The Morgan fingerprint density at radius 3 is 2.75 bits per heavy atom. The van der Waals surface area contributed by atoms with Crippen LogP contribution in [0, 0.1) is 0 Å². The Morgan fingerprint density at radius 2 is 2.25 bits per heavy atom. The molecule has 3 saturated heterocycles. The highest BCUT2D eigenvalue weighted by Crippen LogP contribution is 2.48. The molecule has 4 nitrogen and oxygen atoms in total. The fourth-order valence-electron chi connectivity index (χ4n) is 1.15. The van der Waals surface area contributed by atoms with E-state index in [1.165, 1.54) is 26.5 Å². The summed E-state index contributed by atoms with van der Waals surface area (Å²) < 4.78 is 0. The summed E-state index contributed by atoms with van der Waals surface area (Å²) in [4.78, 5) is 23.6. The summed E-state index contributed by atoms with van der Waals surface area (Å²) in [5.74, 6) is -0.0841. The topological polar surface area (TPSA) is 49.4 Å². The minimum Gasteiger partial charge on any atom is -0.332 e. The normalized spacial score (nSPS) is 40.2. The number of rotatable bonds is 0. The summed E-state index contributed by atoms with van der Waals surface area (Å²) in [6.07, 6.45) is 0. The van der Waals surface area contributed by atoms with E-state index in [0.29, 0.717) is 0 Å². The van der Waals surface area contributed by atoms with E-state index < -0.39 is 4.87 Å². The van der Waals surface area contributed by atoms with Crippen molar-refractivity contribution in [3.63, 3.8) is 0 Å². The van der Waals surface area contributed by atoms with Crippen LogP contribution in [-0.4, -0.2) is 34.0 Å². The van der Waals surface area contributed by atoms with Gasteiger partial charge in [-0.1, -0.05) is 21.6 Å². The molecule has 2 bridgehead atoms. The fraction of sp³-hybridized carbons (Fsp3) is 0.667. The predicted octanol–water partition coefficient (Wildman–Crippen LogP) is 0.0119. The first-order valence-corrected chi connectivity index (χ1v) is 5.70. The lowest BCUT2D eigenvalue weighted by atomic mass is 10.2. The lowest BCUT2D eigenvalue weighted by Crippen LogP contribution is -2.68. The largest absolute Gasteiger partial charge is 0.332 e. The maximum absolute atomic E-state index is 11.4. The summed E-state index contributed by atoms with van der Waals surface area (Å²) in [6.45, 7) is 1.76. The van der Waals surface area contributed by atoms with Gasteiger partial charge in [0.25, 0.3) is 11.8 Å². The Hall–Kier alpha value is -0.360. The molecule has 0 unspecified atom stereocenters. The van der Waals surface area contributed by atoms with Gasteiger partial charge in [-0.2, -0.15) is 0 Å². The second-order valence-electron chi connectivity index (χ2n) is 2.91. The standard InChI is InChI=1S/C6H8N2O2S2/c1-6-5(10)7-3(11-12-6)4(9)8(6)2/h3H,1-2H3,(H,7,10)/t3-,6+/m0/s1. The zero-order valence-corrected chi connectivity index (χ0v) is 8.29. The summed E-state index contributed by atoms with van der Waals surface area (Å²) in [7, 11) is 4.53. The lowest BCUT2D eigenvalue weighted by molar-refractivity contribution is -0.146. The van der Waals surface area contributed by atoms with Crippen LogP contribution < -0.4 is 5.32 Å². The molecule has 12 heavy (non-hydrogen) atoms. The van der Waals surface area contributed by atoms with E-state index in [1.54, 1.807) is 14.0 Å². The van der Waals surface area contributed by atoms with Gasteiger partial charge >= 0.3 is 0 Å². The molecule has 3 fully saturated rings. The average molecular weight is 204 g/mol. The Kier molecular flexibility index (Phi) is 1.60. The Balaban J connectivity index is 2.41. The maximum atomic E-state index is 11.4. The van der Waals surface area contributed by atoms with Crippen molar-refractivity contribution in [2.45, 2.75) is 17.2 Å². The number of fused-ring (bicyclic) bond motifs is 3. The van der Waals surface area contributed by atoms with Gasteiger partial charge in [-0.15, -0.1) is 0 Å². The van der Waals surface area contributed by atoms with Crippen LogP contribution in [0.3, 0.4) is 0 Å². The smallest absolute Gasteiger partial charge is 0.258 e. The van der Waals surface area contributed by atoms with E-state index in [4.69, 9.17) is 0 Å². The zero-order valence-electron chi connectivity index (χ0n) is 6.66. The van der Waals surface area contributed by atoms with Crippen LogP contribution in [0.15, 0.2) is 0 Å². The van der Waals surface area contributed by atoms with E-state index >= 15 is 0 Å². The molecule has 3 aliphatic heterocycles. The molecular formula is C6H8N2O2S2. The molecule has 1 N–H and O–H groups in total. The van der Waals surface area contributed by atoms with Gasteiger partial charge in [0, 0.05) is 7.05 Å². The van der Waals surface area contributed by atoms with Crippen molar-refractivity contribution >= 4 is 33.4 Å². The van der Waals surface area contributed by atoms with Crippen LogP contribution in [0.2, 0.25) is 0 Å². The number of likely N-dealkylation sites (N-methyl/N-ethyl adjacent to an activating group) is 1. The fourth-order valence-corrected chi connectivity index (χ4v) is 3.97. The van der Waals surface area contributed by atoms with Crippen LogP contribution in [0.25, 0.3) is 0 Å². The average Bonchev–Trinajstić information content (AvgIpc) is 2.04. The van der Waals surface area contributed by atoms with Crippen LogP contribution >= 0.6 is 21.6 Å². The van der Waals surface area contributed by atoms with E-state index in [0.717, 1.165) is 0 Å². The maximum Gasteiger partial charge on any atom is 0.258 e. The molecule has 0 aromatic carbocycles.